The number of nitrogens with zero attached hydrogens (tertiary/aromatic N) is 5. The van der Waals surface area contributed by atoms with Gasteiger partial charge in [0.15, 0.2) is 0 Å². The minimum absolute atomic E-state index is 0.0583. The van der Waals surface area contributed by atoms with E-state index in [-0.39, 0.29) is 18.4 Å². The number of carbonyl (C=O) groups excluding carboxylic acids is 2. The highest BCUT2D eigenvalue weighted by Crippen LogP contribution is 2.14. The number of amides is 2. The monoisotopic (exact) mass is 364 g/mol. The topological polar surface area (TPSA) is 93.0 Å². The Hall–Kier alpha value is -3.55. The lowest BCUT2D eigenvalue weighted by Crippen LogP contribution is -2.22. The van der Waals surface area contributed by atoms with Crippen molar-refractivity contribution >= 4 is 17.5 Å². The smallest absolute Gasteiger partial charge is 0.253 e. The molecule has 0 saturated heterocycles. The molecule has 2 aromatic carbocycles. The molecule has 27 heavy (non-hydrogen) atoms. The van der Waals surface area contributed by atoms with E-state index < -0.39 is 0 Å². The first-order valence-electron chi connectivity index (χ1n) is 8.39. The molecule has 2 amide bonds. The van der Waals surface area contributed by atoms with Crippen LogP contribution in [-0.2, 0) is 11.3 Å². The van der Waals surface area contributed by atoms with E-state index in [0.29, 0.717) is 17.1 Å². The lowest BCUT2D eigenvalue weighted by Gasteiger charge is -2.10. The first-order chi connectivity index (χ1) is 12.9. The molecule has 1 aromatic heterocycles. The predicted octanol–water partition coefficient (Wildman–Crippen LogP) is 1.99. The Morgan fingerprint density at radius 1 is 1.04 bits per heavy atom. The highest BCUT2D eigenvalue weighted by Gasteiger charge is 2.11. The average Bonchev–Trinajstić information content (AvgIpc) is 3.10. The van der Waals surface area contributed by atoms with Crippen molar-refractivity contribution in [1.29, 1.82) is 0 Å². The average molecular weight is 364 g/mol. The van der Waals surface area contributed by atoms with E-state index in [9.17, 15) is 9.59 Å². The minimum atomic E-state index is -0.283. The molecule has 138 valence electrons. The van der Waals surface area contributed by atoms with Crippen molar-refractivity contribution < 1.29 is 9.59 Å². The number of hydrogen-bond acceptors (Lipinski definition) is 5. The normalized spacial score (nSPS) is 10.5. The molecule has 0 bridgehead atoms. The van der Waals surface area contributed by atoms with Crippen LogP contribution in [0, 0.1) is 6.92 Å². The van der Waals surface area contributed by atoms with Crippen molar-refractivity contribution in [3.8, 4) is 11.4 Å². The van der Waals surface area contributed by atoms with Crippen LogP contribution < -0.4 is 5.32 Å². The van der Waals surface area contributed by atoms with Gasteiger partial charge in [0, 0.05) is 30.9 Å². The molecular formula is C19H20N6O2. The first-order valence-corrected chi connectivity index (χ1v) is 8.39. The molecule has 0 aliphatic carbocycles. The zero-order valence-corrected chi connectivity index (χ0v) is 15.4. The summed E-state index contributed by atoms with van der Waals surface area (Å²) < 4.78 is 0. The van der Waals surface area contributed by atoms with Crippen molar-refractivity contribution in [3.05, 3.63) is 59.7 Å². The number of aryl methyl sites for hydroxylation is 1. The van der Waals surface area contributed by atoms with Gasteiger partial charge < -0.3 is 10.2 Å². The van der Waals surface area contributed by atoms with Crippen LogP contribution >= 0.6 is 0 Å². The second kappa shape index (κ2) is 7.77. The summed E-state index contributed by atoms with van der Waals surface area (Å²) in [5, 5.41) is 14.9. The van der Waals surface area contributed by atoms with E-state index in [0.717, 1.165) is 11.1 Å². The minimum Gasteiger partial charge on any atom is -0.345 e. The summed E-state index contributed by atoms with van der Waals surface area (Å²) in [5.41, 5.74) is 3.13. The van der Waals surface area contributed by atoms with E-state index in [1.165, 1.54) is 9.70 Å². The maximum Gasteiger partial charge on any atom is 0.253 e. The number of aromatic nitrogens is 4. The summed E-state index contributed by atoms with van der Waals surface area (Å²) >= 11 is 0. The summed E-state index contributed by atoms with van der Waals surface area (Å²) in [5.74, 6) is 0.0900. The lowest BCUT2D eigenvalue weighted by molar-refractivity contribution is -0.117. The second-order valence-corrected chi connectivity index (χ2v) is 6.33. The molecule has 0 saturated carbocycles. The molecule has 8 nitrogen and oxygen atoms in total. The summed E-state index contributed by atoms with van der Waals surface area (Å²) in [4.78, 5) is 26.8. The van der Waals surface area contributed by atoms with Crippen LogP contribution in [-0.4, -0.2) is 51.0 Å². The van der Waals surface area contributed by atoms with Gasteiger partial charge in [0.2, 0.25) is 11.7 Å². The maximum atomic E-state index is 12.2. The largest absolute Gasteiger partial charge is 0.345 e. The molecule has 0 spiro atoms. The summed E-state index contributed by atoms with van der Waals surface area (Å²) in [6.07, 6.45) is 0. The molecule has 0 radical (unpaired) electrons. The molecular weight excluding hydrogens is 344 g/mol. The SMILES string of the molecule is Cc1ccc(-c2nnn(CC(=O)Nc3ccc(C(=O)N(C)C)cc3)n2)cc1. The van der Waals surface area contributed by atoms with E-state index >= 15 is 0 Å². The fraction of sp³-hybridized carbons (Fsp3) is 0.211. The molecule has 8 heteroatoms. The van der Waals surface area contributed by atoms with Crippen LogP contribution in [0.15, 0.2) is 48.5 Å². The Kier molecular flexibility index (Phi) is 5.25. The quantitative estimate of drug-likeness (QED) is 0.747. The summed E-state index contributed by atoms with van der Waals surface area (Å²) in [7, 11) is 3.38. The van der Waals surface area contributed by atoms with Gasteiger partial charge in [-0.05, 0) is 36.4 Å². The molecule has 0 fully saturated rings. The number of nitrogens with one attached hydrogen (secondary N) is 1. The first kappa shape index (κ1) is 18.2. The molecule has 0 unspecified atom stereocenters. The van der Waals surface area contributed by atoms with Gasteiger partial charge in [-0.3, -0.25) is 9.59 Å². The summed E-state index contributed by atoms with van der Waals surface area (Å²) in [6.45, 7) is 1.94. The van der Waals surface area contributed by atoms with Gasteiger partial charge in [-0.2, -0.15) is 4.80 Å². The molecule has 0 atom stereocenters. The van der Waals surface area contributed by atoms with Crippen LogP contribution in [0.3, 0.4) is 0 Å². The Labute approximate surface area is 156 Å². The molecule has 3 rings (SSSR count). The number of tetrazole rings is 1. The molecule has 1 heterocycles. The molecule has 1 N–H and O–H groups in total. The fourth-order valence-electron chi connectivity index (χ4n) is 2.41. The van der Waals surface area contributed by atoms with Crippen molar-refractivity contribution in [1.82, 2.24) is 25.1 Å². The van der Waals surface area contributed by atoms with Gasteiger partial charge in [0.05, 0.1) is 0 Å². The maximum absolute atomic E-state index is 12.2. The molecule has 0 aliphatic heterocycles. The lowest BCUT2D eigenvalue weighted by atomic mass is 10.1. The van der Waals surface area contributed by atoms with E-state index in [1.54, 1.807) is 38.4 Å². The van der Waals surface area contributed by atoms with Crippen LogP contribution in [0.5, 0.6) is 0 Å². The van der Waals surface area contributed by atoms with Crippen molar-refractivity contribution in [3.63, 3.8) is 0 Å². The van der Waals surface area contributed by atoms with Crippen LogP contribution in [0.1, 0.15) is 15.9 Å². The number of rotatable bonds is 5. The Morgan fingerprint density at radius 3 is 2.33 bits per heavy atom. The van der Waals surface area contributed by atoms with E-state index in [2.05, 4.69) is 20.7 Å². The molecule has 0 aliphatic rings. The zero-order valence-electron chi connectivity index (χ0n) is 15.4. The summed E-state index contributed by atoms with van der Waals surface area (Å²) in [6, 6.07) is 14.5. The van der Waals surface area contributed by atoms with Crippen molar-refractivity contribution in [2.75, 3.05) is 19.4 Å². The van der Waals surface area contributed by atoms with Gasteiger partial charge in [-0.25, -0.2) is 0 Å². The van der Waals surface area contributed by atoms with Crippen LogP contribution in [0.25, 0.3) is 11.4 Å². The third-order valence-electron chi connectivity index (χ3n) is 3.87. The van der Waals surface area contributed by atoms with E-state index in [1.807, 2.05) is 31.2 Å². The van der Waals surface area contributed by atoms with E-state index in [4.69, 9.17) is 0 Å². The Balaban J connectivity index is 1.61. The number of hydrogen-bond donors (Lipinski definition) is 1. The highest BCUT2D eigenvalue weighted by molar-refractivity contribution is 5.95. The van der Waals surface area contributed by atoms with Crippen molar-refractivity contribution in [2.24, 2.45) is 0 Å². The predicted molar refractivity (Wildman–Crippen MR) is 101 cm³/mol. The number of benzene rings is 2. The third kappa shape index (κ3) is 4.55. The van der Waals surface area contributed by atoms with Gasteiger partial charge in [-0.1, -0.05) is 29.8 Å². The third-order valence-corrected chi connectivity index (χ3v) is 3.87. The van der Waals surface area contributed by atoms with Gasteiger partial charge in [-0.15, -0.1) is 10.2 Å². The van der Waals surface area contributed by atoms with Crippen LogP contribution in [0.2, 0.25) is 0 Å². The highest BCUT2D eigenvalue weighted by atomic mass is 16.2. The van der Waals surface area contributed by atoms with Gasteiger partial charge >= 0.3 is 0 Å². The zero-order chi connectivity index (χ0) is 19.4. The fourth-order valence-corrected chi connectivity index (χ4v) is 2.41. The van der Waals surface area contributed by atoms with Crippen molar-refractivity contribution in [2.45, 2.75) is 13.5 Å². The Morgan fingerprint density at radius 2 is 1.70 bits per heavy atom. The Bertz CT molecular complexity index is 945. The standard InChI is InChI=1S/C19H20N6O2/c1-13-4-6-14(7-5-13)18-21-23-25(22-18)12-17(26)20-16-10-8-15(9-11-16)19(27)24(2)3/h4-11H,12H2,1-3H3,(H,20,26). The van der Waals surface area contributed by atoms with Gasteiger partial charge in [0.25, 0.3) is 5.91 Å². The molecule has 3 aromatic rings. The number of anilines is 1. The second-order valence-electron chi connectivity index (χ2n) is 6.33. The van der Waals surface area contributed by atoms with Gasteiger partial charge in [0.1, 0.15) is 6.54 Å². The number of carbonyl (C=O) groups is 2. The van der Waals surface area contributed by atoms with Crippen LogP contribution in [0.4, 0.5) is 5.69 Å².